The normalized spacial score (nSPS) is 10.9. The number of hydrogen-bond donors (Lipinski definition) is 1. The highest BCUT2D eigenvalue weighted by atomic mass is 19.3. The number of alkyl halides is 2. The van der Waals surface area contributed by atoms with E-state index in [-0.39, 0.29) is 18.4 Å². The zero-order valence-electron chi connectivity index (χ0n) is 8.54. The van der Waals surface area contributed by atoms with Gasteiger partial charge >= 0.3 is 0 Å². The van der Waals surface area contributed by atoms with Gasteiger partial charge in [0, 0.05) is 24.7 Å². The van der Waals surface area contributed by atoms with E-state index < -0.39 is 6.43 Å². The first-order valence-corrected chi connectivity index (χ1v) is 4.76. The Bertz CT molecular complexity index is 387. The van der Waals surface area contributed by atoms with Gasteiger partial charge in [-0.05, 0) is 19.4 Å². The summed E-state index contributed by atoms with van der Waals surface area (Å²) in [4.78, 5) is 11.4. The number of nitrogens with two attached hydrogens (primary N) is 1. The van der Waals surface area contributed by atoms with Gasteiger partial charge in [0.25, 0.3) is 5.56 Å². The van der Waals surface area contributed by atoms with Crippen molar-refractivity contribution < 1.29 is 8.78 Å². The third-order valence-corrected chi connectivity index (χ3v) is 2.30. The van der Waals surface area contributed by atoms with Gasteiger partial charge in [0.1, 0.15) is 0 Å². The molecular weight excluding hydrogens is 202 g/mol. The second kappa shape index (κ2) is 4.91. The standard InChI is InChI=1S/C10H14F2N2O/c1-7-8(13)4-5-10(15)14(7)6-2-3-9(11)12/h4-5,9H,2-3,6,13H2,1H3. The molecule has 0 fully saturated rings. The van der Waals surface area contributed by atoms with E-state index in [0.29, 0.717) is 17.9 Å². The molecule has 0 radical (unpaired) electrons. The van der Waals surface area contributed by atoms with Gasteiger partial charge in [-0.25, -0.2) is 8.78 Å². The number of aromatic nitrogens is 1. The van der Waals surface area contributed by atoms with Crippen molar-refractivity contribution in [1.29, 1.82) is 0 Å². The van der Waals surface area contributed by atoms with Crippen LogP contribution in [0.1, 0.15) is 18.5 Å². The van der Waals surface area contributed by atoms with Crippen LogP contribution in [-0.4, -0.2) is 11.0 Å². The molecule has 0 unspecified atom stereocenters. The van der Waals surface area contributed by atoms with Crippen LogP contribution in [-0.2, 0) is 6.54 Å². The van der Waals surface area contributed by atoms with Crippen molar-refractivity contribution in [3.8, 4) is 0 Å². The van der Waals surface area contributed by atoms with Crippen molar-refractivity contribution in [1.82, 2.24) is 4.57 Å². The van der Waals surface area contributed by atoms with E-state index in [4.69, 9.17) is 5.73 Å². The molecule has 3 nitrogen and oxygen atoms in total. The van der Waals surface area contributed by atoms with Crippen molar-refractivity contribution in [2.75, 3.05) is 5.73 Å². The van der Waals surface area contributed by atoms with E-state index in [9.17, 15) is 13.6 Å². The summed E-state index contributed by atoms with van der Waals surface area (Å²) in [7, 11) is 0. The van der Waals surface area contributed by atoms with E-state index >= 15 is 0 Å². The summed E-state index contributed by atoms with van der Waals surface area (Å²) in [6.07, 6.45) is -2.23. The largest absolute Gasteiger partial charge is 0.397 e. The predicted molar refractivity (Wildman–Crippen MR) is 55.1 cm³/mol. The molecule has 2 N–H and O–H groups in total. The maximum Gasteiger partial charge on any atom is 0.250 e. The number of rotatable bonds is 4. The summed E-state index contributed by atoms with van der Waals surface area (Å²) in [6.45, 7) is 2.00. The fourth-order valence-corrected chi connectivity index (χ4v) is 1.37. The minimum absolute atomic E-state index is 0.194. The van der Waals surface area contributed by atoms with Crippen molar-refractivity contribution in [2.45, 2.75) is 32.7 Å². The lowest BCUT2D eigenvalue weighted by atomic mass is 10.2. The van der Waals surface area contributed by atoms with Gasteiger partial charge in [-0.2, -0.15) is 0 Å². The number of pyridine rings is 1. The van der Waals surface area contributed by atoms with Gasteiger partial charge in [-0.15, -0.1) is 0 Å². The summed E-state index contributed by atoms with van der Waals surface area (Å²) >= 11 is 0. The molecule has 0 aliphatic carbocycles. The van der Waals surface area contributed by atoms with Gasteiger partial charge in [0.05, 0.1) is 5.69 Å². The van der Waals surface area contributed by atoms with Crippen molar-refractivity contribution in [2.24, 2.45) is 0 Å². The Morgan fingerprint density at radius 1 is 1.47 bits per heavy atom. The van der Waals surface area contributed by atoms with Gasteiger partial charge < -0.3 is 10.3 Å². The summed E-state index contributed by atoms with van der Waals surface area (Å²) in [5, 5.41) is 0. The van der Waals surface area contributed by atoms with E-state index in [1.165, 1.54) is 16.7 Å². The highest BCUT2D eigenvalue weighted by Crippen LogP contribution is 2.09. The first-order valence-electron chi connectivity index (χ1n) is 4.76. The molecule has 0 saturated carbocycles. The molecule has 0 amide bonds. The Morgan fingerprint density at radius 3 is 2.73 bits per heavy atom. The maximum atomic E-state index is 11.9. The molecule has 5 heteroatoms. The first-order chi connectivity index (χ1) is 7.02. The molecule has 15 heavy (non-hydrogen) atoms. The lowest BCUT2D eigenvalue weighted by Crippen LogP contribution is -2.22. The molecule has 1 aromatic heterocycles. The van der Waals surface area contributed by atoms with E-state index in [0.717, 1.165) is 0 Å². The van der Waals surface area contributed by atoms with Gasteiger partial charge in [-0.3, -0.25) is 4.79 Å². The third-order valence-electron chi connectivity index (χ3n) is 2.30. The summed E-state index contributed by atoms with van der Waals surface area (Å²) in [5.74, 6) is 0. The molecule has 84 valence electrons. The third kappa shape index (κ3) is 3.04. The molecule has 0 atom stereocenters. The van der Waals surface area contributed by atoms with E-state index in [2.05, 4.69) is 0 Å². The van der Waals surface area contributed by atoms with Crippen LogP contribution in [0.5, 0.6) is 0 Å². The number of hydrogen-bond acceptors (Lipinski definition) is 2. The fourth-order valence-electron chi connectivity index (χ4n) is 1.37. The fraction of sp³-hybridized carbons (Fsp3) is 0.500. The van der Waals surface area contributed by atoms with E-state index in [1.54, 1.807) is 6.92 Å². The van der Waals surface area contributed by atoms with Gasteiger partial charge in [0.2, 0.25) is 6.43 Å². The lowest BCUT2D eigenvalue weighted by molar-refractivity contribution is 0.133. The monoisotopic (exact) mass is 216 g/mol. The van der Waals surface area contributed by atoms with Crippen LogP contribution in [0.2, 0.25) is 0 Å². The SMILES string of the molecule is Cc1c(N)ccc(=O)n1CCCC(F)F. The number of nitrogens with zero attached hydrogens (tertiary/aromatic N) is 1. The van der Waals surface area contributed by atoms with Crippen LogP contribution in [0.25, 0.3) is 0 Å². The molecule has 1 aromatic rings. The maximum absolute atomic E-state index is 11.9. The van der Waals surface area contributed by atoms with Crippen LogP contribution in [0.4, 0.5) is 14.5 Å². The van der Waals surface area contributed by atoms with Crippen molar-refractivity contribution in [3.63, 3.8) is 0 Å². The number of nitrogen functional groups attached to an aromatic ring is 1. The van der Waals surface area contributed by atoms with Crippen molar-refractivity contribution >= 4 is 5.69 Å². The smallest absolute Gasteiger partial charge is 0.250 e. The van der Waals surface area contributed by atoms with Crippen LogP contribution in [0.3, 0.4) is 0 Å². The molecule has 0 spiro atoms. The molecule has 1 rings (SSSR count). The van der Waals surface area contributed by atoms with Crippen molar-refractivity contribution in [3.05, 3.63) is 28.2 Å². The predicted octanol–water partition coefficient (Wildman–Crippen LogP) is 1.78. The zero-order chi connectivity index (χ0) is 11.4. The van der Waals surface area contributed by atoms with E-state index in [1.807, 2.05) is 0 Å². The van der Waals surface area contributed by atoms with Crippen LogP contribution in [0.15, 0.2) is 16.9 Å². The second-order valence-electron chi connectivity index (χ2n) is 3.40. The Morgan fingerprint density at radius 2 is 2.13 bits per heavy atom. The molecule has 1 heterocycles. The Labute approximate surface area is 86.5 Å². The number of anilines is 1. The molecule has 0 bridgehead atoms. The Hall–Kier alpha value is -1.39. The minimum atomic E-state index is -2.32. The zero-order valence-corrected chi connectivity index (χ0v) is 8.54. The highest BCUT2D eigenvalue weighted by molar-refractivity contribution is 5.41. The average Bonchev–Trinajstić information content (AvgIpc) is 2.17. The molecule has 0 aliphatic heterocycles. The molecular formula is C10H14F2N2O. The molecule has 0 aromatic carbocycles. The Kier molecular flexibility index (Phi) is 3.82. The van der Waals surface area contributed by atoms with Crippen LogP contribution in [0, 0.1) is 6.92 Å². The molecule has 0 aliphatic rings. The topological polar surface area (TPSA) is 48.0 Å². The summed E-state index contributed by atoms with van der Waals surface area (Å²) in [5.41, 5.74) is 6.56. The first kappa shape index (κ1) is 11.7. The van der Waals surface area contributed by atoms with Gasteiger partial charge in [0.15, 0.2) is 0 Å². The summed E-state index contributed by atoms with van der Waals surface area (Å²) in [6, 6.07) is 2.88. The summed E-state index contributed by atoms with van der Waals surface area (Å²) < 4.78 is 25.2. The second-order valence-corrected chi connectivity index (χ2v) is 3.40. The van der Waals surface area contributed by atoms with Crippen LogP contribution < -0.4 is 11.3 Å². The van der Waals surface area contributed by atoms with Crippen LogP contribution >= 0.6 is 0 Å². The highest BCUT2D eigenvalue weighted by Gasteiger charge is 2.05. The quantitative estimate of drug-likeness (QED) is 0.834. The Balaban J connectivity index is 2.76. The lowest BCUT2D eigenvalue weighted by Gasteiger charge is -2.11. The molecule has 0 saturated heterocycles. The average molecular weight is 216 g/mol. The minimum Gasteiger partial charge on any atom is -0.397 e. The van der Waals surface area contributed by atoms with Gasteiger partial charge in [-0.1, -0.05) is 0 Å². The number of halogens is 2.